The Hall–Kier alpha value is -1.61. The van der Waals surface area contributed by atoms with Crippen molar-refractivity contribution in [1.29, 1.82) is 0 Å². The SMILES string of the molecule is CC(C)[C@]1(C(=O)OCc2ccccc2)C=CC(N)C1. The maximum absolute atomic E-state index is 12.4. The summed E-state index contributed by atoms with van der Waals surface area (Å²) in [5.41, 5.74) is 6.34. The highest BCUT2D eigenvalue weighted by Gasteiger charge is 2.44. The molecule has 0 saturated carbocycles. The Balaban J connectivity index is 2.04. The van der Waals surface area contributed by atoms with Crippen molar-refractivity contribution in [1.82, 2.24) is 0 Å². The van der Waals surface area contributed by atoms with Crippen LogP contribution in [0.4, 0.5) is 0 Å². The predicted octanol–water partition coefficient (Wildman–Crippen LogP) is 2.66. The summed E-state index contributed by atoms with van der Waals surface area (Å²) in [7, 11) is 0. The third-order valence-electron chi connectivity index (χ3n) is 3.84. The van der Waals surface area contributed by atoms with Gasteiger partial charge in [0.2, 0.25) is 0 Å². The number of carbonyl (C=O) groups is 1. The van der Waals surface area contributed by atoms with Crippen molar-refractivity contribution in [3.05, 3.63) is 48.0 Å². The molecule has 0 bridgehead atoms. The Morgan fingerprint density at radius 3 is 2.63 bits per heavy atom. The summed E-state index contributed by atoms with van der Waals surface area (Å²) in [4.78, 5) is 12.4. The number of nitrogens with two attached hydrogens (primary N) is 1. The molecule has 2 atom stereocenters. The second kappa shape index (κ2) is 5.57. The zero-order chi connectivity index (χ0) is 13.9. The Bertz CT molecular complexity index is 467. The molecular formula is C16H21NO2. The molecule has 1 aromatic rings. The standard InChI is InChI=1S/C16H21NO2/c1-12(2)16(9-8-14(17)10-16)15(18)19-11-13-6-4-3-5-7-13/h3-9,12,14H,10-11,17H2,1-2H3/t14?,16-/m0/s1. The van der Waals surface area contributed by atoms with Gasteiger partial charge in [0.25, 0.3) is 0 Å². The van der Waals surface area contributed by atoms with Gasteiger partial charge in [-0.15, -0.1) is 0 Å². The van der Waals surface area contributed by atoms with Crippen LogP contribution < -0.4 is 5.73 Å². The van der Waals surface area contributed by atoms with Crippen LogP contribution in [0.1, 0.15) is 25.8 Å². The number of rotatable bonds is 4. The predicted molar refractivity (Wildman–Crippen MR) is 75.2 cm³/mol. The summed E-state index contributed by atoms with van der Waals surface area (Å²) < 4.78 is 5.48. The molecule has 19 heavy (non-hydrogen) atoms. The highest BCUT2D eigenvalue weighted by atomic mass is 16.5. The summed E-state index contributed by atoms with van der Waals surface area (Å²) in [5.74, 6) is 0.0103. The Labute approximate surface area is 114 Å². The second-order valence-electron chi connectivity index (χ2n) is 5.48. The average molecular weight is 259 g/mol. The maximum atomic E-state index is 12.4. The molecule has 0 radical (unpaired) electrons. The highest BCUT2D eigenvalue weighted by molar-refractivity contribution is 5.80. The van der Waals surface area contributed by atoms with E-state index in [1.165, 1.54) is 0 Å². The van der Waals surface area contributed by atoms with Gasteiger partial charge in [-0.05, 0) is 17.9 Å². The molecule has 0 aliphatic heterocycles. The van der Waals surface area contributed by atoms with Crippen LogP contribution in [0.2, 0.25) is 0 Å². The van der Waals surface area contributed by atoms with Crippen LogP contribution in [0.3, 0.4) is 0 Å². The molecule has 1 aliphatic rings. The first-order valence-electron chi connectivity index (χ1n) is 6.71. The Morgan fingerprint density at radius 2 is 2.11 bits per heavy atom. The van der Waals surface area contributed by atoms with Crippen molar-refractivity contribution >= 4 is 5.97 Å². The molecule has 2 N–H and O–H groups in total. The minimum absolute atomic E-state index is 0.0494. The van der Waals surface area contributed by atoms with Gasteiger partial charge < -0.3 is 10.5 Å². The summed E-state index contributed by atoms with van der Waals surface area (Å²) in [6, 6.07) is 9.67. The van der Waals surface area contributed by atoms with Gasteiger partial charge in [-0.25, -0.2) is 0 Å². The van der Waals surface area contributed by atoms with Crippen molar-refractivity contribution in [3.63, 3.8) is 0 Å². The Kier molecular flexibility index (Phi) is 4.05. The smallest absolute Gasteiger partial charge is 0.316 e. The van der Waals surface area contributed by atoms with E-state index in [2.05, 4.69) is 0 Å². The van der Waals surface area contributed by atoms with Crippen LogP contribution in [0, 0.1) is 11.3 Å². The van der Waals surface area contributed by atoms with Crippen LogP contribution >= 0.6 is 0 Å². The van der Waals surface area contributed by atoms with Crippen molar-refractivity contribution in [2.45, 2.75) is 32.9 Å². The number of esters is 1. The van der Waals surface area contributed by atoms with Crippen LogP contribution in [-0.2, 0) is 16.1 Å². The van der Waals surface area contributed by atoms with Gasteiger partial charge in [0.15, 0.2) is 0 Å². The average Bonchev–Trinajstić information content (AvgIpc) is 2.81. The second-order valence-corrected chi connectivity index (χ2v) is 5.48. The van der Waals surface area contributed by atoms with Gasteiger partial charge in [-0.2, -0.15) is 0 Å². The summed E-state index contributed by atoms with van der Waals surface area (Å²) in [6.07, 6.45) is 4.47. The molecule has 1 unspecified atom stereocenters. The lowest BCUT2D eigenvalue weighted by Gasteiger charge is -2.30. The highest BCUT2D eigenvalue weighted by Crippen LogP contribution is 2.40. The molecule has 0 saturated heterocycles. The maximum Gasteiger partial charge on any atom is 0.316 e. The Morgan fingerprint density at radius 1 is 1.42 bits per heavy atom. The first kappa shape index (κ1) is 13.8. The van der Waals surface area contributed by atoms with Crippen LogP contribution in [0.5, 0.6) is 0 Å². The van der Waals surface area contributed by atoms with Gasteiger partial charge in [-0.3, -0.25) is 4.79 Å². The fourth-order valence-electron chi connectivity index (χ4n) is 2.49. The third-order valence-corrected chi connectivity index (χ3v) is 3.84. The van der Waals surface area contributed by atoms with E-state index in [1.54, 1.807) is 0 Å². The van der Waals surface area contributed by atoms with Crippen LogP contribution in [-0.4, -0.2) is 12.0 Å². The topological polar surface area (TPSA) is 52.3 Å². The van der Waals surface area contributed by atoms with Gasteiger partial charge in [0.05, 0.1) is 5.41 Å². The van der Waals surface area contributed by atoms with Crippen molar-refractivity contribution in [2.75, 3.05) is 0 Å². The zero-order valence-electron chi connectivity index (χ0n) is 11.5. The summed E-state index contributed by atoms with van der Waals surface area (Å²) in [6.45, 7) is 4.38. The molecule has 2 rings (SSSR count). The van der Waals surface area contributed by atoms with E-state index in [-0.39, 0.29) is 17.9 Å². The number of benzene rings is 1. The third kappa shape index (κ3) is 2.87. The van der Waals surface area contributed by atoms with E-state index in [9.17, 15) is 4.79 Å². The fraction of sp³-hybridized carbons (Fsp3) is 0.438. The first-order chi connectivity index (χ1) is 9.04. The van der Waals surface area contributed by atoms with E-state index >= 15 is 0 Å². The molecule has 0 aromatic heterocycles. The molecule has 3 heteroatoms. The van der Waals surface area contributed by atoms with E-state index < -0.39 is 5.41 Å². The monoisotopic (exact) mass is 259 g/mol. The van der Waals surface area contributed by atoms with Crippen molar-refractivity contribution < 1.29 is 9.53 Å². The lowest BCUT2D eigenvalue weighted by molar-refractivity contribution is -0.157. The molecule has 0 fully saturated rings. The zero-order valence-corrected chi connectivity index (χ0v) is 11.5. The lowest BCUT2D eigenvalue weighted by Crippen LogP contribution is -2.37. The quantitative estimate of drug-likeness (QED) is 0.668. The van der Waals surface area contributed by atoms with Crippen molar-refractivity contribution in [3.8, 4) is 0 Å². The molecule has 3 nitrogen and oxygen atoms in total. The van der Waals surface area contributed by atoms with Gasteiger partial charge in [0.1, 0.15) is 6.61 Å². The van der Waals surface area contributed by atoms with Gasteiger partial charge >= 0.3 is 5.97 Å². The molecule has 0 spiro atoms. The molecule has 0 heterocycles. The number of carbonyl (C=O) groups excluding carboxylic acids is 1. The lowest BCUT2D eigenvalue weighted by atomic mass is 9.76. The van der Waals surface area contributed by atoms with E-state index in [0.717, 1.165) is 5.56 Å². The molecule has 1 aliphatic carbocycles. The normalized spacial score (nSPS) is 25.8. The molecule has 0 amide bonds. The largest absolute Gasteiger partial charge is 0.460 e. The minimum Gasteiger partial charge on any atom is -0.460 e. The van der Waals surface area contributed by atoms with Gasteiger partial charge in [-0.1, -0.05) is 56.3 Å². The molecular weight excluding hydrogens is 238 g/mol. The summed E-state index contributed by atoms with van der Waals surface area (Å²) in [5, 5.41) is 0. The minimum atomic E-state index is -0.561. The van der Waals surface area contributed by atoms with E-state index in [4.69, 9.17) is 10.5 Å². The van der Waals surface area contributed by atoms with E-state index in [0.29, 0.717) is 13.0 Å². The fourth-order valence-corrected chi connectivity index (χ4v) is 2.49. The van der Waals surface area contributed by atoms with Crippen LogP contribution in [0.25, 0.3) is 0 Å². The summed E-state index contributed by atoms with van der Waals surface area (Å²) >= 11 is 0. The number of hydrogen-bond donors (Lipinski definition) is 1. The number of hydrogen-bond acceptors (Lipinski definition) is 3. The van der Waals surface area contributed by atoms with E-state index in [1.807, 2.05) is 56.3 Å². The van der Waals surface area contributed by atoms with Crippen molar-refractivity contribution in [2.24, 2.45) is 17.1 Å². The first-order valence-corrected chi connectivity index (χ1v) is 6.71. The van der Waals surface area contributed by atoms with Crippen LogP contribution in [0.15, 0.2) is 42.5 Å². The molecule has 1 aromatic carbocycles. The number of ether oxygens (including phenoxy) is 1. The molecule has 102 valence electrons. The van der Waals surface area contributed by atoms with Gasteiger partial charge in [0, 0.05) is 6.04 Å².